The number of hydrogen-bond acceptors (Lipinski definition) is 5. The second kappa shape index (κ2) is 8.48. The average molecular weight is 388 g/mol. The molecule has 29 heavy (non-hydrogen) atoms. The summed E-state index contributed by atoms with van der Waals surface area (Å²) < 4.78 is 16.3. The van der Waals surface area contributed by atoms with Gasteiger partial charge in [-0.15, -0.1) is 0 Å². The van der Waals surface area contributed by atoms with Crippen molar-refractivity contribution in [3.05, 3.63) is 78.4 Å². The molecule has 6 nitrogen and oxygen atoms in total. The van der Waals surface area contributed by atoms with Crippen LogP contribution in [0.3, 0.4) is 0 Å². The van der Waals surface area contributed by atoms with Crippen LogP contribution >= 0.6 is 0 Å². The highest BCUT2D eigenvalue weighted by molar-refractivity contribution is 5.77. The molecule has 0 unspecified atom stereocenters. The van der Waals surface area contributed by atoms with Gasteiger partial charge in [0.25, 0.3) is 5.91 Å². The minimum Gasteiger partial charge on any atom is -0.497 e. The van der Waals surface area contributed by atoms with E-state index in [-0.39, 0.29) is 12.5 Å². The van der Waals surface area contributed by atoms with E-state index in [1.165, 1.54) is 0 Å². The number of nitrogens with zero attached hydrogens (tertiary/aromatic N) is 1. The van der Waals surface area contributed by atoms with Crippen LogP contribution in [0.25, 0.3) is 22.6 Å². The smallest absolute Gasteiger partial charge is 0.258 e. The van der Waals surface area contributed by atoms with E-state index in [1.54, 1.807) is 31.4 Å². The van der Waals surface area contributed by atoms with Gasteiger partial charge in [0.2, 0.25) is 5.89 Å². The molecule has 0 saturated heterocycles. The van der Waals surface area contributed by atoms with Gasteiger partial charge in [-0.05, 0) is 54.1 Å². The minimum absolute atomic E-state index is 0.0483. The standard InChI is InChI=1S/C23H20N2O4/c1-27-18-10-12-19(13-11-18)28-15-22(26)24-14-16-6-8-17(9-7-16)23-25-20-4-2-3-5-21(20)29-23/h2-13H,14-15H2,1H3,(H,24,26). The maximum atomic E-state index is 12.0. The van der Waals surface area contributed by atoms with Crippen LogP contribution in [0, 0.1) is 0 Å². The number of ether oxygens (including phenoxy) is 2. The van der Waals surface area contributed by atoms with E-state index in [4.69, 9.17) is 13.9 Å². The van der Waals surface area contributed by atoms with E-state index in [2.05, 4.69) is 10.3 Å². The number of carbonyl (C=O) groups is 1. The van der Waals surface area contributed by atoms with E-state index in [1.807, 2.05) is 48.5 Å². The molecule has 1 N–H and O–H groups in total. The SMILES string of the molecule is COc1ccc(OCC(=O)NCc2ccc(-c3nc4ccccc4o3)cc2)cc1. The van der Waals surface area contributed by atoms with E-state index < -0.39 is 0 Å². The molecule has 0 atom stereocenters. The molecule has 4 aromatic rings. The molecule has 1 aromatic heterocycles. The summed E-state index contributed by atoms with van der Waals surface area (Å²) in [6.45, 7) is 0.367. The number of amides is 1. The van der Waals surface area contributed by atoms with Crippen LogP contribution in [-0.4, -0.2) is 24.6 Å². The summed E-state index contributed by atoms with van der Waals surface area (Å²) in [5.74, 6) is 1.74. The monoisotopic (exact) mass is 388 g/mol. The fourth-order valence-electron chi connectivity index (χ4n) is 2.83. The zero-order valence-corrected chi connectivity index (χ0v) is 15.9. The molecule has 0 aliphatic rings. The van der Waals surface area contributed by atoms with Crippen molar-refractivity contribution in [3.63, 3.8) is 0 Å². The second-order valence-corrected chi connectivity index (χ2v) is 6.42. The molecule has 3 aromatic carbocycles. The number of nitrogens with one attached hydrogen (secondary N) is 1. The van der Waals surface area contributed by atoms with Gasteiger partial charge in [0.05, 0.1) is 7.11 Å². The lowest BCUT2D eigenvalue weighted by Crippen LogP contribution is -2.28. The van der Waals surface area contributed by atoms with Crippen LogP contribution in [0.4, 0.5) is 0 Å². The Bertz CT molecular complexity index is 1070. The van der Waals surface area contributed by atoms with Crippen LogP contribution in [-0.2, 0) is 11.3 Å². The van der Waals surface area contributed by atoms with Crippen LogP contribution in [0.15, 0.2) is 77.2 Å². The summed E-state index contributed by atoms with van der Waals surface area (Å²) in [5, 5.41) is 2.84. The predicted octanol–water partition coefficient (Wildman–Crippen LogP) is 4.20. The number of benzene rings is 3. The molecule has 0 fully saturated rings. The maximum absolute atomic E-state index is 12.0. The molecule has 0 aliphatic carbocycles. The van der Waals surface area contributed by atoms with E-state index in [0.717, 1.165) is 28.0 Å². The number of fused-ring (bicyclic) bond motifs is 1. The zero-order chi connectivity index (χ0) is 20.1. The number of oxazole rings is 1. The lowest BCUT2D eigenvalue weighted by Gasteiger charge is -2.08. The van der Waals surface area contributed by atoms with E-state index in [0.29, 0.717) is 18.2 Å². The third-order valence-corrected chi connectivity index (χ3v) is 4.41. The lowest BCUT2D eigenvalue weighted by molar-refractivity contribution is -0.123. The highest BCUT2D eigenvalue weighted by atomic mass is 16.5. The summed E-state index contributed by atoms with van der Waals surface area (Å²) in [6, 6.07) is 22.5. The van der Waals surface area contributed by atoms with Gasteiger partial charge in [-0.25, -0.2) is 4.98 Å². The Morgan fingerprint density at radius 1 is 0.966 bits per heavy atom. The third-order valence-electron chi connectivity index (χ3n) is 4.41. The molecule has 0 bridgehead atoms. The molecule has 0 radical (unpaired) electrons. The van der Waals surface area contributed by atoms with Gasteiger partial charge in [0.1, 0.15) is 17.0 Å². The van der Waals surface area contributed by atoms with Crippen molar-refractivity contribution in [1.29, 1.82) is 0 Å². The topological polar surface area (TPSA) is 73.6 Å². The quantitative estimate of drug-likeness (QED) is 0.514. The van der Waals surface area contributed by atoms with Gasteiger partial charge in [-0.3, -0.25) is 4.79 Å². The fourth-order valence-corrected chi connectivity index (χ4v) is 2.83. The zero-order valence-electron chi connectivity index (χ0n) is 15.9. The Morgan fingerprint density at radius 3 is 2.41 bits per heavy atom. The molecule has 0 saturated carbocycles. The Kier molecular flexibility index (Phi) is 5.42. The highest BCUT2D eigenvalue weighted by Crippen LogP contribution is 2.24. The van der Waals surface area contributed by atoms with Gasteiger partial charge < -0.3 is 19.2 Å². The molecule has 0 aliphatic heterocycles. The molecule has 4 rings (SSSR count). The van der Waals surface area contributed by atoms with E-state index in [9.17, 15) is 4.79 Å². The molecule has 146 valence electrons. The fraction of sp³-hybridized carbons (Fsp3) is 0.130. The Labute approximate surface area is 168 Å². The number of carbonyl (C=O) groups excluding carboxylic acids is 1. The first-order chi connectivity index (χ1) is 14.2. The van der Waals surface area contributed by atoms with Crippen molar-refractivity contribution in [3.8, 4) is 23.0 Å². The largest absolute Gasteiger partial charge is 0.497 e. The van der Waals surface area contributed by atoms with Gasteiger partial charge in [-0.1, -0.05) is 24.3 Å². The lowest BCUT2D eigenvalue weighted by atomic mass is 10.1. The van der Waals surface area contributed by atoms with Crippen LogP contribution in [0.5, 0.6) is 11.5 Å². The minimum atomic E-state index is -0.191. The van der Waals surface area contributed by atoms with Crippen LogP contribution in [0.2, 0.25) is 0 Å². The first-order valence-electron chi connectivity index (χ1n) is 9.20. The first-order valence-corrected chi connectivity index (χ1v) is 9.20. The molecule has 1 amide bonds. The molecule has 0 spiro atoms. The highest BCUT2D eigenvalue weighted by Gasteiger charge is 2.08. The van der Waals surface area contributed by atoms with Gasteiger partial charge in [-0.2, -0.15) is 0 Å². The number of methoxy groups -OCH3 is 1. The summed E-state index contributed by atoms with van der Waals surface area (Å²) in [5.41, 5.74) is 3.45. The van der Waals surface area contributed by atoms with Crippen molar-refractivity contribution in [1.82, 2.24) is 10.3 Å². The van der Waals surface area contributed by atoms with Crippen LogP contribution < -0.4 is 14.8 Å². The van der Waals surface area contributed by atoms with E-state index >= 15 is 0 Å². The number of rotatable bonds is 7. The van der Waals surface area contributed by atoms with Crippen molar-refractivity contribution in [2.24, 2.45) is 0 Å². The Morgan fingerprint density at radius 2 is 1.69 bits per heavy atom. The van der Waals surface area contributed by atoms with Crippen molar-refractivity contribution in [2.75, 3.05) is 13.7 Å². The first kappa shape index (κ1) is 18.6. The van der Waals surface area contributed by atoms with Crippen LogP contribution in [0.1, 0.15) is 5.56 Å². The van der Waals surface area contributed by atoms with Gasteiger partial charge in [0, 0.05) is 12.1 Å². The van der Waals surface area contributed by atoms with Crippen molar-refractivity contribution >= 4 is 17.0 Å². The Hall–Kier alpha value is -3.80. The molecular weight excluding hydrogens is 368 g/mol. The molecular formula is C23H20N2O4. The number of hydrogen-bond donors (Lipinski definition) is 1. The molecule has 1 heterocycles. The normalized spacial score (nSPS) is 10.7. The van der Waals surface area contributed by atoms with Gasteiger partial charge in [0.15, 0.2) is 12.2 Å². The second-order valence-electron chi connectivity index (χ2n) is 6.42. The van der Waals surface area contributed by atoms with Gasteiger partial charge >= 0.3 is 0 Å². The maximum Gasteiger partial charge on any atom is 0.258 e. The summed E-state index contributed by atoms with van der Waals surface area (Å²) in [6.07, 6.45) is 0. The molecule has 6 heteroatoms. The average Bonchev–Trinajstić information content (AvgIpc) is 3.21. The number of para-hydroxylation sites is 2. The number of aromatic nitrogens is 1. The summed E-state index contributed by atoms with van der Waals surface area (Å²) in [7, 11) is 1.60. The summed E-state index contributed by atoms with van der Waals surface area (Å²) in [4.78, 5) is 16.5. The predicted molar refractivity (Wildman–Crippen MR) is 110 cm³/mol. The summed E-state index contributed by atoms with van der Waals surface area (Å²) >= 11 is 0. The Balaban J connectivity index is 1.29. The third kappa shape index (κ3) is 4.55. The van der Waals surface area contributed by atoms with Crippen molar-refractivity contribution in [2.45, 2.75) is 6.54 Å². The van der Waals surface area contributed by atoms with Crippen molar-refractivity contribution < 1.29 is 18.7 Å².